The Labute approximate surface area is 166 Å². The van der Waals surface area contributed by atoms with Gasteiger partial charge in [-0.05, 0) is 24.3 Å². The molecule has 0 bridgehead atoms. The van der Waals surface area contributed by atoms with Crippen LogP contribution >= 0.6 is 11.6 Å². The number of nitrogens with one attached hydrogen (secondary N) is 1. The average molecular weight is 393 g/mol. The van der Waals surface area contributed by atoms with Crippen molar-refractivity contribution in [3.05, 3.63) is 83.8 Å². The fraction of sp³-hybridized carbons (Fsp3) is 0.0952. The van der Waals surface area contributed by atoms with Gasteiger partial charge in [-0.25, -0.2) is 9.97 Å². The molecule has 0 spiro atoms. The van der Waals surface area contributed by atoms with E-state index in [1.54, 1.807) is 37.8 Å². The molecule has 0 saturated heterocycles. The van der Waals surface area contributed by atoms with Crippen molar-refractivity contribution in [2.75, 3.05) is 7.05 Å². The molecule has 3 aromatic heterocycles. The second-order valence-corrected chi connectivity index (χ2v) is 6.54. The van der Waals surface area contributed by atoms with E-state index in [9.17, 15) is 4.79 Å². The third kappa shape index (κ3) is 3.54. The Balaban J connectivity index is 1.77. The van der Waals surface area contributed by atoms with E-state index in [0.29, 0.717) is 17.5 Å². The van der Waals surface area contributed by atoms with E-state index >= 15 is 0 Å². The average Bonchev–Trinajstić information content (AvgIpc) is 3.36. The molecule has 4 aromatic rings. The highest BCUT2D eigenvalue weighted by molar-refractivity contribution is 6.29. The minimum Gasteiger partial charge on any atom is -0.454 e. The summed E-state index contributed by atoms with van der Waals surface area (Å²) in [5.74, 6) is 0.665. The van der Waals surface area contributed by atoms with Crippen molar-refractivity contribution in [2.45, 2.75) is 6.54 Å². The molecule has 0 radical (unpaired) electrons. The molecule has 0 fully saturated rings. The number of nitrogens with zero attached hydrogens (tertiary/aromatic N) is 3. The number of imidazole rings is 1. The van der Waals surface area contributed by atoms with Gasteiger partial charge in [0.05, 0.1) is 24.3 Å². The molecule has 0 atom stereocenters. The molecule has 0 saturated carbocycles. The van der Waals surface area contributed by atoms with Crippen LogP contribution in [0.1, 0.15) is 16.3 Å². The van der Waals surface area contributed by atoms with Crippen LogP contribution in [-0.2, 0) is 6.54 Å². The largest absolute Gasteiger partial charge is 0.454 e. The number of rotatable bonds is 5. The quantitative estimate of drug-likeness (QED) is 0.515. The van der Waals surface area contributed by atoms with Crippen LogP contribution in [0.25, 0.3) is 22.5 Å². The Morgan fingerprint density at radius 2 is 1.89 bits per heavy atom. The summed E-state index contributed by atoms with van der Waals surface area (Å²) in [4.78, 5) is 20.6. The lowest BCUT2D eigenvalue weighted by atomic mass is 10.1. The van der Waals surface area contributed by atoms with Crippen molar-refractivity contribution in [3.63, 3.8) is 0 Å². The molecule has 4 rings (SSSR count). The van der Waals surface area contributed by atoms with Gasteiger partial charge in [0.25, 0.3) is 5.91 Å². The van der Waals surface area contributed by atoms with Gasteiger partial charge in [0.2, 0.25) is 0 Å². The molecule has 1 N–H and O–H groups in total. The number of amides is 1. The molecule has 1 aromatic carbocycles. The van der Waals surface area contributed by atoms with Gasteiger partial charge >= 0.3 is 0 Å². The lowest BCUT2D eigenvalue weighted by Gasteiger charge is -2.09. The first-order chi connectivity index (χ1) is 13.7. The van der Waals surface area contributed by atoms with Gasteiger partial charge in [-0.3, -0.25) is 4.79 Å². The highest BCUT2D eigenvalue weighted by atomic mass is 35.5. The predicted octanol–water partition coefficient (Wildman–Crippen LogP) is 4.27. The summed E-state index contributed by atoms with van der Waals surface area (Å²) in [5, 5.41) is 2.98. The normalized spacial score (nSPS) is 10.8. The molecule has 0 unspecified atom stereocenters. The molecule has 1 amide bonds. The van der Waals surface area contributed by atoms with Crippen molar-refractivity contribution in [1.82, 2.24) is 19.9 Å². The molecule has 0 aliphatic carbocycles. The van der Waals surface area contributed by atoms with Crippen LogP contribution in [0.5, 0.6) is 0 Å². The van der Waals surface area contributed by atoms with Gasteiger partial charge < -0.3 is 14.3 Å². The van der Waals surface area contributed by atoms with E-state index in [1.165, 1.54) is 0 Å². The fourth-order valence-corrected chi connectivity index (χ4v) is 3.12. The first-order valence-corrected chi connectivity index (χ1v) is 9.07. The second-order valence-electron chi connectivity index (χ2n) is 6.15. The summed E-state index contributed by atoms with van der Waals surface area (Å²) < 4.78 is 7.64. The van der Waals surface area contributed by atoms with Crippen LogP contribution in [0.15, 0.2) is 71.5 Å². The predicted molar refractivity (Wildman–Crippen MR) is 107 cm³/mol. The number of aromatic nitrogens is 3. The van der Waals surface area contributed by atoms with Crippen LogP contribution < -0.4 is 5.32 Å². The molecule has 140 valence electrons. The standard InChI is InChI=1S/C21H17ClN4O2/c1-23-21(27)17-9-8-16(28-17)12-26-13-25-19(14-5-3-2-4-6-14)20(26)15-7-10-18(22)24-11-15/h2-11,13H,12H2,1H3,(H,23,27). The molecule has 6 nitrogen and oxygen atoms in total. The molecule has 7 heteroatoms. The maximum absolute atomic E-state index is 11.7. The Morgan fingerprint density at radius 1 is 1.07 bits per heavy atom. The van der Waals surface area contributed by atoms with Crippen molar-refractivity contribution in [3.8, 4) is 22.5 Å². The number of furan rings is 1. The number of hydrogen-bond donors (Lipinski definition) is 1. The first kappa shape index (κ1) is 18.0. The van der Waals surface area contributed by atoms with E-state index in [4.69, 9.17) is 16.0 Å². The third-order valence-electron chi connectivity index (χ3n) is 4.32. The number of carbonyl (C=O) groups excluding carboxylic acids is 1. The fourth-order valence-electron chi connectivity index (χ4n) is 3.00. The maximum atomic E-state index is 11.7. The highest BCUT2D eigenvalue weighted by Gasteiger charge is 2.17. The van der Waals surface area contributed by atoms with Gasteiger partial charge in [0.15, 0.2) is 5.76 Å². The number of pyridine rings is 1. The van der Waals surface area contributed by atoms with Gasteiger partial charge in [0.1, 0.15) is 10.9 Å². The molecule has 0 aliphatic heterocycles. The maximum Gasteiger partial charge on any atom is 0.286 e. The summed E-state index contributed by atoms with van der Waals surface area (Å²) in [6.45, 7) is 0.425. The number of halogens is 1. The third-order valence-corrected chi connectivity index (χ3v) is 4.55. The molecular weight excluding hydrogens is 376 g/mol. The lowest BCUT2D eigenvalue weighted by molar-refractivity contribution is 0.0933. The zero-order chi connectivity index (χ0) is 19.5. The van der Waals surface area contributed by atoms with Crippen molar-refractivity contribution in [1.29, 1.82) is 0 Å². The number of carbonyl (C=O) groups is 1. The Bertz CT molecular complexity index is 1100. The molecule has 28 heavy (non-hydrogen) atoms. The van der Waals surface area contributed by atoms with Crippen LogP contribution in [0.2, 0.25) is 5.15 Å². The van der Waals surface area contributed by atoms with E-state index < -0.39 is 0 Å². The van der Waals surface area contributed by atoms with Crippen molar-refractivity contribution >= 4 is 17.5 Å². The van der Waals surface area contributed by atoms with Crippen LogP contribution in [-0.4, -0.2) is 27.5 Å². The Kier molecular flexibility index (Phi) is 4.95. The van der Waals surface area contributed by atoms with Crippen LogP contribution in [0.3, 0.4) is 0 Å². The lowest BCUT2D eigenvalue weighted by Crippen LogP contribution is -2.16. The summed E-state index contributed by atoms with van der Waals surface area (Å²) >= 11 is 5.96. The van der Waals surface area contributed by atoms with Crippen LogP contribution in [0, 0.1) is 0 Å². The first-order valence-electron chi connectivity index (χ1n) is 8.69. The Hall–Kier alpha value is -3.38. The van der Waals surface area contributed by atoms with E-state index in [2.05, 4.69) is 15.3 Å². The van der Waals surface area contributed by atoms with Gasteiger partial charge in [-0.15, -0.1) is 0 Å². The summed E-state index contributed by atoms with van der Waals surface area (Å²) in [6, 6.07) is 17.0. The van der Waals surface area contributed by atoms with Gasteiger partial charge in [0, 0.05) is 24.4 Å². The summed E-state index contributed by atoms with van der Waals surface area (Å²) in [6.07, 6.45) is 3.48. The van der Waals surface area contributed by atoms with Crippen LogP contribution in [0.4, 0.5) is 0 Å². The van der Waals surface area contributed by atoms with Gasteiger partial charge in [-0.2, -0.15) is 0 Å². The smallest absolute Gasteiger partial charge is 0.286 e. The summed E-state index contributed by atoms with van der Waals surface area (Å²) in [7, 11) is 1.57. The van der Waals surface area contributed by atoms with E-state index in [0.717, 1.165) is 22.5 Å². The van der Waals surface area contributed by atoms with Crippen molar-refractivity contribution < 1.29 is 9.21 Å². The number of hydrogen-bond acceptors (Lipinski definition) is 4. The summed E-state index contributed by atoms with van der Waals surface area (Å²) in [5.41, 5.74) is 3.62. The minimum absolute atomic E-state index is 0.260. The zero-order valence-electron chi connectivity index (χ0n) is 15.1. The molecule has 0 aliphatic rings. The van der Waals surface area contributed by atoms with E-state index in [1.807, 2.05) is 41.0 Å². The second kappa shape index (κ2) is 7.70. The van der Waals surface area contributed by atoms with Crippen molar-refractivity contribution in [2.24, 2.45) is 0 Å². The van der Waals surface area contributed by atoms with Gasteiger partial charge in [-0.1, -0.05) is 41.9 Å². The monoisotopic (exact) mass is 392 g/mol. The zero-order valence-corrected chi connectivity index (χ0v) is 15.8. The molecule has 3 heterocycles. The van der Waals surface area contributed by atoms with E-state index in [-0.39, 0.29) is 11.7 Å². The topological polar surface area (TPSA) is 73.0 Å². The highest BCUT2D eigenvalue weighted by Crippen LogP contribution is 2.32. The number of benzene rings is 1. The Morgan fingerprint density at radius 3 is 2.61 bits per heavy atom. The SMILES string of the molecule is CNC(=O)c1ccc(Cn2cnc(-c3ccccc3)c2-c2ccc(Cl)nc2)o1. The molecular formula is C21H17ClN4O2. The minimum atomic E-state index is -0.260.